The maximum atomic E-state index is 4.06. The second kappa shape index (κ2) is 1.65. The normalized spacial score (nSPS) is 21.3. The third-order valence-electron chi connectivity index (χ3n) is 1.40. The highest BCUT2D eigenvalue weighted by Crippen LogP contribution is 2.14. The van der Waals surface area contributed by atoms with Gasteiger partial charge < -0.3 is 0 Å². The van der Waals surface area contributed by atoms with E-state index in [1.807, 2.05) is 12.2 Å². The zero-order valence-electron chi connectivity index (χ0n) is 4.91. The predicted octanol–water partition coefficient (Wildman–Crippen LogP) is 1.31. The topological polar surface area (TPSA) is 24.7 Å². The standard InChI is InChI=1S/C7H6N2/c1-2-6-3-5-9-7(6)8-4-1/h1,3-5H,2H2. The Morgan fingerprint density at radius 3 is 3.33 bits per heavy atom. The van der Waals surface area contributed by atoms with Gasteiger partial charge in [-0.2, -0.15) is 0 Å². The first-order valence-corrected chi connectivity index (χ1v) is 2.93. The smallest absolute Gasteiger partial charge is 0.155 e. The number of aliphatic imine (C=N–C) groups is 2. The van der Waals surface area contributed by atoms with Gasteiger partial charge in [-0.1, -0.05) is 6.08 Å². The summed E-state index contributed by atoms with van der Waals surface area (Å²) < 4.78 is 0. The van der Waals surface area contributed by atoms with Gasteiger partial charge in [0.25, 0.3) is 0 Å². The lowest BCUT2D eigenvalue weighted by Crippen LogP contribution is -1.96. The molecule has 0 atom stereocenters. The van der Waals surface area contributed by atoms with Crippen LogP contribution in [-0.4, -0.2) is 12.1 Å². The zero-order valence-corrected chi connectivity index (χ0v) is 4.91. The molecule has 0 spiro atoms. The van der Waals surface area contributed by atoms with E-state index in [1.54, 1.807) is 12.4 Å². The van der Waals surface area contributed by atoms with Crippen molar-refractivity contribution in [2.75, 3.05) is 0 Å². The van der Waals surface area contributed by atoms with Gasteiger partial charge in [-0.3, -0.25) is 0 Å². The largest absolute Gasteiger partial charge is 0.237 e. The van der Waals surface area contributed by atoms with Crippen molar-refractivity contribution in [1.29, 1.82) is 0 Å². The molecule has 2 heterocycles. The van der Waals surface area contributed by atoms with Gasteiger partial charge in [0.2, 0.25) is 0 Å². The van der Waals surface area contributed by atoms with Crippen molar-refractivity contribution < 1.29 is 0 Å². The number of rotatable bonds is 0. The Bertz CT molecular complexity index is 244. The Hall–Kier alpha value is -1.18. The molecule has 9 heavy (non-hydrogen) atoms. The summed E-state index contributed by atoms with van der Waals surface area (Å²) in [6.07, 6.45) is 8.61. The highest BCUT2D eigenvalue weighted by Gasteiger charge is 2.08. The first-order chi connectivity index (χ1) is 4.47. The van der Waals surface area contributed by atoms with Crippen LogP contribution in [0.15, 0.2) is 33.9 Å². The second-order valence-electron chi connectivity index (χ2n) is 2.01. The van der Waals surface area contributed by atoms with Crippen molar-refractivity contribution in [1.82, 2.24) is 0 Å². The lowest BCUT2D eigenvalue weighted by molar-refractivity contribution is 1.25. The fraction of sp³-hybridized carbons (Fsp3) is 0.143. The predicted molar refractivity (Wildman–Crippen MR) is 37.8 cm³/mol. The molecular weight excluding hydrogens is 112 g/mol. The summed E-state index contributed by atoms with van der Waals surface area (Å²) in [6.45, 7) is 0. The maximum Gasteiger partial charge on any atom is 0.155 e. The van der Waals surface area contributed by atoms with Crippen molar-refractivity contribution in [3.8, 4) is 0 Å². The zero-order chi connectivity index (χ0) is 6.10. The van der Waals surface area contributed by atoms with Gasteiger partial charge in [-0.05, 0) is 12.5 Å². The van der Waals surface area contributed by atoms with Gasteiger partial charge in [0, 0.05) is 18.0 Å². The van der Waals surface area contributed by atoms with Crippen LogP contribution in [0, 0.1) is 0 Å². The highest BCUT2D eigenvalue weighted by atomic mass is 14.9. The third-order valence-corrected chi connectivity index (χ3v) is 1.40. The van der Waals surface area contributed by atoms with Gasteiger partial charge in [0.05, 0.1) is 0 Å². The maximum absolute atomic E-state index is 4.06. The van der Waals surface area contributed by atoms with E-state index in [9.17, 15) is 0 Å². The van der Waals surface area contributed by atoms with Crippen molar-refractivity contribution in [3.05, 3.63) is 23.9 Å². The summed E-state index contributed by atoms with van der Waals surface area (Å²) in [7, 11) is 0. The minimum Gasteiger partial charge on any atom is -0.237 e. The van der Waals surface area contributed by atoms with E-state index in [2.05, 4.69) is 9.98 Å². The first-order valence-electron chi connectivity index (χ1n) is 2.93. The molecule has 0 N–H and O–H groups in total. The van der Waals surface area contributed by atoms with E-state index >= 15 is 0 Å². The van der Waals surface area contributed by atoms with Gasteiger partial charge >= 0.3 is 0 Å². The molecule has 2 rings (SSSR count). The molecule has 0 bridgehead atoms. The van der Waals surface area contributed by atoms with E-state index in [0.717, 1.165) is 12.3 Å². The Morgan fingerprint density at radius 1 is 1.44 bits per heavy atom. The number of hydrogen-bond acceptors (Lipinski definition) is 2. The Kier molecular flexibility index (Phi) is 0.859. The van der Waals surface area contributed by atoms with E-state index in [0.29, 0.717) is 0 Å². The molecule has 2 heteroatoms. The van der Waals surface area contributed by atoms with Crippen molar-refractivity contribution in [2.24, 2.45) is 9.98 Å². The molecule has 0 amide bonds. The molecule has 0 saturated carbocycles. The van der Waals surface area contributed by atoms with Crippen LogP contribution in [0.3, 0.4) is 0 Å². The fourth-order valence-corrected chi connectivity index (χ4v) is 0.934. The SMILES string of the molecule is C1=CN=C2N=CC=C2C1. The lowest BCUT2D eigenvalue weighted by Gasteiger charge is -2.00. The van der Waals surface area contributed by atoms with E-state index in [-0.39, 0.29) is 0 Å². The molecule has 0 unspecified atom stereocenters. The average molecular weight is 118 g/mol. The lowest BCUT2D eigenvalue weighted by atomic mass is 10.1. The molecule has 0 aromatic carbocycles. The first kappa shape index (κ1) is 4.68. The Balaban J connectivity index is 2.46. The van der Waals surface area contributed by atoms with E-state index in [1.165, 1.54) is 5.57 Å². The number of allylic oxidation sites excluding steroid dienone is 2. The highest BCUT2D eigenvalue weighted by molar-refractivity contribution is 6.11. The van der Waals surface area contributed by atoms with Crippen molar-refractivity contribution >= 4 is 12.1 Å². The van der Waals surface area contributed by atoms with Crippen molar-refractivity contribution in [2.45, 2.75) is 6.42 Å². The molecular formula is C7H6N2. The number of amidine groups is 1. The van der Waals surface area contributed by atoms with E-state index in [4.69, 9.17) is 0 Å². The molecule has 0 aromatic rings. The van der Waals surface area contributed by atoms with Gasteiger partial charge in [-0.15, -0.1) is 0 Å². The third kappa shape index (κ3) is 0.633. The summed E-state index contributed by atoms with van der Waals surface area (Å²) in [5, 5.41) is 0. The van der Waals surface area contributed by atoms with E-state index < -0.39 is 0 Å². The summed E-state index contributed by atoms with van der Waals surface area (Å²) >= 11 is 0. The molecule has 0 aromatic heterocycles. The summed E-state index contributed by atoms with van der Waals surface area (Å²) in [4.78, 5) is 8.10. The van der Waals surface area contributed by atoms with Crippen LogP contribution in [-0.2, 0) is 0 Å². The quantitative estimate of drug-likeness (QED) is 0.458. The number of nitrogens with zero attached hydrogens (tertiary/aromatic N) is 2. The molecule has 2 aliphatic heterocycles. The minimum atomic E-state index is 0.887. The van der Waals surface area contributed by atoms with Gasteiger partial charge in [0.1, 0.15) is 0 Å². The summed E-state index contributed by atoms with van der Waals surface area (Å²) in [5.74, 6) is 0.887. The molecule has 2 aliphatic rings. The van der Waals surface area contributed by atoms with Crippen LogP contribution in [0.2, 0.25) is 0 Å². The van der Waals surface area contributed by atoms with Crippen LogP contribution in [0.1, 0.15) is 6.42 Å². The number of fused-ring (bicyclic) bond motifs is 1. The Morgan fingerprint density at radius 2 is 2.44 bits per heavy atom. The monoisotopic (exact) mass is 118 g/mol. The number of hydrogen-bond donors (Lipinski definition) is 0. The summed E-state index contributed by atoms with van der Waals surface area (Å²) in [6, 6.07) is 0. The van der Waals surface area contributed by atoms with Crippen LogP contribution in [0.25, 0.3) is 0 Å². The van der Waals surface area contributed by atoms with Crippen LogP contribution in [0.5, 0.6) is 0 Å². The summed E-state index contributed by atoms with van der Waals surface area (Å²) in [5.41, 5.74) is 1.23. The molecule has 44 valence electrons. The molecule has 2 nitrogen and oxygen atoms in total. The molecule has 0 aliphatic carbocycles. The van der Waals surface area contributed by atoms with Gasteiger partial charge in [-0.25, -0.2) is 9.98 Å². The van der Waals surface area contributed by atoms with Crippen LogP contribution < -0.4 is 0 Å². The molecule has 0 saturated heterocycles. The Labute approximate surface area is 53.3 Å². The second-order valence-corrected chi connectivity index (χ2v) is 2.01. The van der Waals surface area contributed by atoms with Crippen molar-refractivity contribution in [3.63, 3.8) is 0 Å². The average Bonchev–Trinajstić information content (AvgIpc) is 2.33. The molecule has 0 radical (unpaired) electrons. The fourth-order valence-electron chi connectivity index (χ4n) is 0.934. The van der Waals surface area contributed by atoms with Crippen LogP contribution in [0.4, 0.5) is 0 Å². The van der Waals surface area contributed by atoms with Crippen LogP contribution >= 0.6 is 0 Å². The molecule has 0 fully saturated rings. The minimum absolute atomic E-state index is 0.887. The van der Waals surface area contributed by atoms with Gasteiger partial charge in [0.15, 0.2) is 5.84 Å².